The maximum absolute atomic E-state index is 5.03. The minimum absolute atomic E-state index is 0.297. The number of aromatic nitrogens is 3. The van der Waals surface area contributed by atoms with E-state index >= 15 is 0 Å². The van der Waals surface area contributed by atoms with Gasteiger partial charge in [0.2, 0.25) is 11.9 Å². The second-order valence-electron chi connectivity index (χ2n) is 4.12. The maximum Gasteiger partial charge on any atom is 0.322 e. The molecule has 1 aromatic rings. The number of nitrogens with zero attached hydrogens (tertiary/aromatic N) is 5. The molecule has 1 saturated heterocycles. The van der Waals surface area contributed by atoms with Crippen molar-refractivity contribution in [1.82, 2.24) is 24.9 Å². The van der Waals surface area contributed by atoms with Gasteiger partial charge in [0.15, 0.2) is 0 Å². The van der Waals surface area contributed by atoms with Gasteiger partial charge >= 0.3 is 6.01 Å². The Kier molecular flexibility index (Phi) is 4.11. The van der Waals surface area contributed by atoms with Crippen molar-refractivity contribution in [2.24, 2.45) is 0 Å². The quantitative estimate of drug-likeness (QED) is 0.743. The monoisotopic (exact) mass is 253 g/mol. The van der Waals surface area contributed by atoms with E-state index < -0.39 is 0 Å². The van der Waals surface area contributed by atoms with Gasteiger partial charge in [-0.1, -0.05) is 0 Å². The smallest absolute Gasteiger partial charge is 0.322 e. The first-order chi connectivity index (χ1) is 8.71. The van der Waals surface area contributed by atoms with Crippen molar-refractivity contribution >= 4 is 11.9 Å². The van der Waals surface area contributed by atoms with Gasteiger partial charge in [-0.15, -0.1) is 0 Å². The molecule has 0 spiro atoms. The van der Waals surface area contributed by atoms with Gasteiger partial charge in [0.1, 0.15) is 0 Å². The highest BCUT2D eigenvalue weighted by atomic mass is 16.5. The molecule has 0 aliphatic carbocycles. The minimum atomic E-state index is 0.297. The van der Waals surface area contributed by atoms with Crippen LogP contribution in [0.1, 0.15) is 0 Å². The number of anilines is 2. The molecule has 2 rings (SSSR count). The fourth-order valence-electron chi connectivity index (χ4n) is 1.67. The number of piperazine rings is 1. The molecule has 0 aromatic carbocycles. The Bertz CT molecular complexity index is 370. The van der Waals surface area contributed by atoms with E-state index in [1.807, 2.05) is 0 Å². The first kappa shape index (κ1) is 12.8. The van der Waals surface area contributed by atoms with E-state index in [0.717, 1.165) is 26.2 Å². The Morgan fingerprint density at radius 1 is 1.06 bits per heavy atom. The average Bonchev–Trinajstić information content (AvgIpc) is 2.41. The highest BCUT2D eigenvalue weighted by Gasteiger charge is 2.15. The van der Waals surface area contributed by atoms with E-state index in [1.54, 1.807) is 7.05 Å². The van der Waals surface area contributed by atoms with Crippen molar-refractivity contribution in [2.45, 2.75) is 0 Å². The number of rotatable bonds is 4. The van der Waals surface area contributed by atoms with E-state index in [9.17, 15) is 0 Å². The molecule has 1 aliphatic rings. The van der Waals surface area contributed by atoms with Gasteiger partial charge in [0.05, 0.1) is 7.11 Å². The molecular weight excluding hydrogens is 234 g/mol. The number of likely N-dealkylation sites (N-methyl/N-ethyl adjacent to an activating group) is 1. The van der Waals surface area contributed by atoms with Crippen molar-refractivity contribution in [1.29, 1.82) is 0 Å². The van der Waals surface area contributed by atoms with Gasteiger partial charge in [-0.3, -0.25) is 5.43 Å². The molecule has 1 aromatic heterocycles. The number of methoxy groups -OCH3 is 1. The highest BCUT2D eigenvalue weighted by Crippen LogP contribution is 2.11. The Balaban J connectivity index is 2.03. The predicted molar refractivity (Wildman–Crippen MR) is 68.6 cm³/mol. The fraction of sp³-hybridized carbons (Fsp3) is 0.700. The molecule has 2 heterocycles. The van der Waals surface area contributed by atoms with Gasteiger partial charge in [-0.2, -0.15) is 15.0 Å². The minimum Gasteiger partial charge on any atom is -0.467 e. The number of hydrazine groups is 1. The van der Waals surface area contributed by atoms with Crippen LogP contribution in [0.25, 0.3) is 0 Å². The zero-order chi connectivity index (χ0) is 13.0. The predicted octanol–water partition coefficient (Wildman–Crippen LogP) is -0.504. The van der Waals surface area contributed by atoms with Crippen LogP contribution in [0, 0.1) is 0 Å². The lowest BCUT2D eigenvalue weighted by atomic mass is 10.4. The van der Waals surface area contributed by atoms with Crippen LogP contribution < -0.4 is 15.5 Å². The fourth-order valence-corrected chi connectivity index (χ4v) is 1.67. The van der Waals surface area contributed by atoms with E-state index in [1.165, 1.54) is 7.11 Å². The number of hydrogen-bond donors (Lipinski definition) is 2. The molecule has 0 radical (unpaired) electrons. The molecule has 0 unspecified atom stereocenters. The highest BCUT2D eigenvalue weighted by molar-refractivity contribution is 5.34. The molecule has 2 N–H and O–H groups in total. The lowest BCUT2D eigenvalue weighted by Crippen LogP contribution is -2.47. The molecule has 0 saturated carbocycles. The second kappa shape index (κ2) is 5.78. The zero-order valence-corrected chi connectivity index (χ0v) is 11.0. The number of nitrogens with one attached hydrogen (secondary N) is 2. The first-order valence-electron chi connectivity index (χ1n) is 5.89. The largest absolute Gasteiger partial charge is 0.467 e. The summed E-state index contributed by atoms with van der Waals surface area (Å²) in [5, 5.41) is 4.97. The lowest BCUT2D eigenvalue weighted by Gasteiger charge is -2.32. The van der Waals surface area contributed by atoms with E-state index in [2.05, 4.69) is 42.7 Å². The van der Waals surface area contributed by atoms with Crippen LogP contribution >= 0.6 is 0 Å². The van der Waals surface area contributed by atoms with E-state index in [-0.39, 0.29) is 0 Å². The van der Waals surface area contributed by atoms with E-state index in [4.69, 9.17) is 4.74 Å². The van der Waals surface area contributed by atoms with Gasteiger partial charge in [0.25, 0.3) is 0 Å². The third-order valence-electron chi connectivity index (χ3n) is 2.78. The van der Waals surface area contributed by atoms with Crippen LogP contribution in [0.5, 0.6) is 6.01 Å². The van der Waals surface area contributed by atoms with Crippen LogP contribution in [0.15, 0.2) is 0 Å². The molecule has 0 bridgehead atoms. The van der Waals surface area contributed by atoms with Crippen molar-refractivity contribution in [3.05, 3.63) is 0 Å². The molecule has 1 fully saturated rings. The molecule has 1 aliphatic heterocycles. The molecule has 100 valence electrons. The Labute approximate surface area is 106 Å². The summed E-state index contributed by atoms with van der Waals surface area (Å²) in [6.45, 7) is 3.90. The zero-order valence-electron chi connectivity index (χ0n) is 11.0. The Hall–Kier alpha value is -1.67. The van der Waals surface area contributed by atoms with Crippen molar-refractivity contribution in [3.63, 3.8) is 0 Å². The van der Waals surface area contributed by atoms with Crippen LogP contribution in [-0.4, -0.2) is 72.2 Å². The summed E-state index contributed by atoms with van der Waals surface area (Å²) in [7, 11) is 5.41. The summed E-state index contributed by atoms with van der Waals surface area (Å²) >= 11 is 0. The SMILES string of the molecule is CNc1nc(NN2CCN(C)CC2)nc(OC)n1. The van der Waals surface area contributed by atoms with Gasteiger partial charge in [0, 0.05) is 33.2 Å². The average molecular weight is 253 g/mol. The summed E-state index contributed by atoms with van der Waals surface area (Å²) in [6.07, 6.45) is 0. The summed E-state index contributed by atoms with van der Waals surface area (Å²) < 4.78 is 5.03. The number of hydrogen-bond acceptors (Lipinski definition) is 8. The number of ether oxygens (including phenoxy) is 1. The third-order valence-corrected chi connectivity index (χ3v) is 2.78. The molecule has 8 heteroatoms. The van der Waals surface area contributed by atoms with Crippen LogP contribution in [-0.2, 0) is 0 Å². The molecule has 0 atom stereocenters. The van der Waals surface area contributed by atoms with Gasteiger partial charge < -0.3 is 15.0 Å². The second-order valence-corrected chi connectivity index (χ2v) is 4.12. The normalized spacial score (nSPS) is 17.5. The molecule has 18 heavy (non-hydrogen) atoms. The van der Waals surface area contributed by atoms with Crippen LogP contribution in [0.2, 0.25) is 0 Å². The summed E-state index contributed by atoms with van der Waals surface area (Å²) in [4.78, 5) is 14.7. The molecule has 8 nitrogen and oxygen atoms in total. The maximum atomic E-state index is 5.03. The summed E-state index contributed by atoms with van der Waals surface area (Å²) in [5.74, 6) is 0.981. The Morgan fingerprint density at radius 2 is 1.72 bits per heavy atom. The van der Waals surface area contributed by atoms with Crippen molar-refractivity contribution < 1.29 is 4.74 Å². The van der Waals surface area contributed by atoms with Crippen molar-refractivity contribution in [2.75, 3.05) is 58.1 Å². The van der Waals surface area contributed by atoms with Gasteiger partial charge in [-0.25, -0.2) is 5.01 Å². The Morgan fingerprint density at radius 3 is 2.33 bits per heavy atom. The standard InChI is InChI=1S/C10H19N7O/c1-11-8-12-9(14-10(13-8)18-3)15-17-6-4-16(2)5-7-17/h4-7H2,1-3H3,(H2,11,12,13,14,15). The van der Waals surface area contributed by atoms with Gasteiger partial charge in [-0.05, 0) is 7.05 Å². The summed E-state index contributed by atoms with van der Waals surface area (Å²) in [6, 6.07) is 0.297. The van der Waals surface area contributed by atoms with Crippen molar-refractivity contribution in [3.8, 4) is 6.01 Å². The van der Waals surface area contributed by atoms with E-state index in [0.29, 0.717) is 17.9 Å². The first-order valence-corrected chi connectivity index (χ1v) is 5.89. The summed E-state index contributed by atoms with van der Waals surface area (Å²) in [5.41, 5.74) is 3.18. The molecular formula is C10H19N7O. The molecule has 0 amide bonds. The topological polar surface area (TPSA) is 78.4 Å². The lowest BCUT2D eigenvalue weighted by molar-refractivity contribution is 0.178. The van der Waals surface area contributed by atoms with Crippen LogP contribution in [0.3, 0.4) is 0 Å². The van der Waals surface area contributed by atoms with Crippen LogP contribution in [0.4, 0.5) is 11.9 Å². The third kappa shape index (κ3) is 3.17.